The van der Waals surface area contributed by atoms with E-state index in [4.69, 9.17) is 4.74 Å². The first kappa shape index (κ1) is 20.0. The Kier molecular flexibility index (Phi) is 7.21. The Hall–Kier alpha value is -2.34. The van der Waals surface area contributed by atoms with Crippen LogP contribution >= 0.6 is 15.9 Å². The summed E-state index contributed by atoms with van der Waals surface area (Å²) in [7, 11) is 0. The largest absolute Gasteiger partial charge is 0.483 e. The number of carbonyl (C=O) groups excluding carboxylic acids is 2. The van der Waals surface area contributed by atoms with E-state index in [0.29, 0.717) is 23.5 Å². The van der Waals surface area contributed by atoms with Crippen LogP contribution in [0.3, 0.4) is 0 Å². The van der Waals surface area contributed by atoms with Gasteiger partial charge in [0.25, 0.3) is 5.91 Å². The number of nitrogens with one attached hydrogen (secondary N) is 2. The van der Waals surface area contributed by atoms with E-state index < -0.39 is 0 Å². The minimum Gasteiger partial charge on any atom is -0.483 e. The maximum atomic E-state index is 12.2. The zero-order valence-electron chi connectivity index (χ0n) is 15.2. The topological polar surface area (TPSA) is 67.4 Å². The van der Waals surface area contributed by atoms with Gasteiger partial charge in [-0.05, 0) is 64.7 Å². The van der Waals surface area contributed by atoms with Crippen LogP contribution in [0.5, 0.6) is 5.75 Å². The number of aryl methyl sites for hydroxylation is 2. The van der Waals surface area contributed by atoms with Crippen LogP contribution in [0.15, 0.2) is 40.9 Å². The third kappa shape index (κ3) is 5.59. The van der Waals surface area contributed by atoms with Gasteiger partial charge in [0.05, 0.1) is 4.47 Å². The minimum absolute atomic E-state index is 0.0692. The first-order valence-corrected chi connectivity index (χ1v) is 9.33. The molecule has 0 fully saturated rings. The maximum Gasteiger partial charge on any atom is 0.262 e. The van der Waals surface area contributed by atoms with Crippen molar-refractivity contribution in [2.75, 3.05) is 17.2 Å². The average Bonchev–Trinajstić information content (AvgIpc) is 2.63. The molecule has 5 nitrogen and oxygen atoms in total. The van der Waals surface area contributed by atoms with Crippen molar-refractivity contribution in [3.05, 3.63) is 52.0 Å². The van der Waals surface area contributed by atoms with Gasteiger partial charge in [0.1, 0.15) is 5.75 Å². The zero-order valence-corrected chi connectivity index (χ0v) is 16.8. The fraction of sp³-hybridized carbons (Fsp3) is 0.300. The second kappa shape index (κ2) is 9.38. The molecule has 138 valence electrons. The Balaban J connectivity index is 1.97. The summed E-state index contributed by atoms with van der Waals surface area (Å²) < 4.78 is 6.40. The third-order valence-corrected chi connectivity index (χ3v) is 4.50. The third-order valence-electron chi connectivity index (χ3n) is 3.88. The molecule has 0 atom stereocenters. The van der Waals surface area contributed by atoms with Gasteiger partial charge in [-0.2, -0.15) is 0 Å². The molecule has 2 aromatic rings. The zero-order chi connectivity index (χ0) is 19.1. The van der Waals surface area contributed by atoms with Gasteiger partial charge >= 0.3 is 0 Å². The van der Waals surface area contributed by atoms with Crippen molar-refractivity contribution in [2.24, 2.45) is 0 Å². The predicted molar refractivity (Wildman–Crippen MR) is 108 cm³/mol. The minimum atomic E-state index is -0.270. The van der Waals surface area contributed by atoms with Crippen molar-refractivity contribution >= 4 is 39.1 Å². The van der Waals surface area contributed by atoms with Crippen molar-refractivity contribution in [2.45, 2.75) is 33.6 Å². The molecule has 0 aliphatic carbocycles. The summed E-state index contributed by atoms with van der Waals surface area (Å²) in [4.78, 5) is 23.7. The SMILES string of the molecule is CCC(=O)Nc1cc(NC(=O)COc2ccc(CC)cc2Br)ccc1C. The second-order valence-corrected chi connectivity index (χ2v) is 6.74. The molecule has 0 saturated carbocycles. The summed E-state index contributed by atoms with van der Waals surface area (Å²) >= 11 is 3.46. The highest BCUT2D eigenvalue weighted by atomic mass is 79.9. The molecule has 2 N–H and O–H groups in total. The van der Waals surface area contributed by atoms with Crippen LogP contribution in [0, 0.1) is 6.92 Å². The number of anilines is 2. The lowest BCUT2D eigenvalue weighted by atomic mass is 10.1. The van der Waals surface area contributed by atoms with Crippen molar-refractivity contribution in [3.8, 4) is 5.75 Å². The number of amides is 2. The van der Waals surface area contributed by atoms with E-state index in [2.05, 4.69) is 33.5 Å². The van der Waals surface area contributed by atoms with Gasteiger partial charge in [-0.1, -0.05) is 26.0 Å². The smallest absolute Gasteiger partial charge is 0.262 e. The summed E-state index contributed by atoms with van der Waals surface area (Å²) in [6, 6.07) is 11.2. The number of benzene rings is 2. The fourth-order valence-corrected chi connectivity index (χ4v) is 2.84. The van der Waals surface area contributed by atoms with E-state index in [1.165, 1.54) is 5.56 Å². The molecule has 2 amide bonds. The molecular weight excluding hydrogens is 396 g/mol. The second-order valence-electron chi connectivity index (χ2n) is 5.89. The van der Waals surface area contributed by atoms with E-state index in [1.807, 2.05) is 31.2 Å². The van der Waals surface area contributed by atoms with E-state index in [-0.39, 0.29) is 18.4 Å². The fourth-order valence-electron chi connectivity index (χ4n) is 2.29. The van der Waals surface area contributed by atoms with Crippen molar-refractivity contribution in [1.29, 1.82) is 0 Å². The molecule has 0 aromatic heterocycles. The Morgan fingerprint density at radius 3 is 2.46 bits per heavy atom. The monoisotopic (exact) mass is 418 g/mol. The van der Waals surface area contributed by atoms with Crippen molar-refractivity contribution in [1.82, 2.24) is 0 Å². The Morgan fingerprint density at radius 2 is 1.81 bits per heavy atom. The lowest BCUT2D eigenvalue weighted by molar-refractivity contribution is -0.118. The lowest BCUT2D eigenvalue weighted by Crippen LogP contribution is -2.20. The number of hydrogen-bond donors (Lipinski definition) is 2. The van der Waals surface area contributed by atoms with Gasteiger partial charge in [-0.3, -0.25) is 9.59 Å². The molecule has 0 aliphatic rings. The molecule has 0 aliphatic heterocycles. The van der Waals surface area contributed by atoms with Gasteiger partial charge < -0.3 is 15.4 Å². The molecule has 6 heteroatoms. The van der Waals surface area contributed by atoms with Crippen LogP contribution in [-0.2, 0) is 16.0 Å². The molecule has 0 unspecified atom stereocenters. The summed E-state index contributed by atoms with van der Waals surface area (Å²) in [5.41, 5.74) is 3.42. The molecule has 0 bridgehead atoms. The van der Waals surface area contributed by atoms with E-state index in [0.717, 1.165) is 16.5 Å². The van der Waals surface area contributed by atoms with Crippen LogP contribution in [-0.4, -0.2) is 18.4 Å². The Bertz CT molecular complexity index is 806. The Morgan fingerprint density at radius 1 is 1.04 bits per heavy atom. The highest BCUT2D eigenvalue weighted by Gasteiger charge is 2.09. The highest BCUT2D eigenvalue weighted by molar-refractivity contribution is 9.10. The quantitative estimate of drug-likeness (QED) is 0.685. The molecular formula is C20H23BrN2O3. The van der Waals surface area contributed by atoms with E-state index in [1.54, 1.807) is 19.1 Å². The van der Waals surface area contributed by atoms with Gasteiger partial charge in [0.15, 0.2) is 6.61 Å². The highest BCUT2D eigenvalue weighted by Crippen LogP contribution is 2.26. The summed E-state index contributed by atoms with van der Waals surface area (Å²) in [5.74, 6) is 0.283. The van der Waals surface area contributed by atoms with Crippen molar-refractivity contribution < 1.29 is 14.3 Å². The first-order valence-electron chi connectivity index (χ1n) is 8.54. The molecule has 0 heterocycles. The van der Waals surface area contributed by atoms with Crippen molar-refractivity contribution in [3.63, 3.8) is 0 Å². The summed E-state index contributed by atoms with van der Waals surface area (Å²) in [5, 5.41) is 5.60. The summed E-state index contributed by atoms with van der Waals surface area (Å²) in [6.45, 7) is 5.67. The van der Waals surface area contributed by atoms with Gasteiger partial charge in [0, 0.05) is 17.8 Å². The standard InChI is InChI=1S/C20H23BrN2O3/c1-4-14-7-9-18(16(21)10-14)26-12-20(25)22-15-8-6-13(3)17(11-15)23-19(24)5-2/h6-11H,4-5,12H2,1-3H3,(H,22,25)(H,23,24). The number of hydrogen-bond acceptors (Lipinski definition) is 3. The predicted octanol–water partition coefficient (Wildman–Crippen LogP) is 4.69. The van der Waals surface area contributed by atoms with Gasteiger partial charge in [0.2, 0.25) is 5.91 Å². The van der Waals surface area contributed by atoms with Crippen LogP contribution < -0.4 is 15.4 Å². The normalized spacial score (nSPS) is 10.3. The van der Waals surface area contributed by atoms with Crippen LogP contribution in [0.4, 0.5) is 11.4 Å². The maximum absolute atomic E-state index is 12.2. The summed E-state index contributed by atoms with van der Waals surface area (Å²) in [6.07, 6.45) is 1.33. The van der Waals surface area contributed by atoms with Gasteiger partial charge in [-0.15, -0.1) is 0 Å². The number of rotatable bonds is 7. The molecule has 0 saturated heterocycles. The van der Waals surface area contributed by atoms with E-state index >= 15 is 0 Å². The van der Waals surface area contributed by atoms with Crippen LogP contribution in [0.25, 0.3) is 0 Å². The number of carbonyl (C=O) groups is 2. The molecule has 26 heavy (non-hydrogen) atoms. The lowest BCUT2D eigenvalue weighted by Gasteiger charge is -2.12. The molecule has 2 aromatic carbocycles. The number of halogens is 1. The van der Waals surface area contributed by atoms with Gasteiger partial charge in [-0.25, -0.2) is 0 Å². The molecule has 0 radical (unpaired) electrons. The molecule has 2 rings (SSSR count). The number of ether oxygens (including phenoxy) is 1. The van der Waals surface area contributed by atoms with Crippen LogP contribution in [0.2, 0.25) is 0 Å². The van der Waals surface area contributed by atoms with E-state index in [9.17, 15) is 9.59 Å². The molecule has 0 spiro atoms. The average molecular weight is 419 g/mol. The first-order chi connectivity index (χ1) is 12.4. The Labute approximate surface area is 162 Å². The van der Waals surface area contributed by atoms with Crippen LogP contribution in [0.1, 0.15) is 31.4 Å².